The minimum Gasteiger partial charge on any atom is -0.320 e. The van der Waals surface area contributed by atoms with E-state index in [2.05, 4.69) is 4.98 Å². The van der Waals surface area contributed by atoms with Crippen molar-refractivity contribution < 1.29 is 4.39 Å². The van der Waals surface area contributed by atoms with Gasteiger partial charge in [0.2, 0.25) is 0 Å². The van der Waals surface area contributed by atoms with Gasteiger partial charge in [-0.2, -0.15) is 0 Å². The molecule has 2 heterocycles. The quantitative estimate of drug-likeness (QED) is 0.367. The minimum atomic E-state index is -0.523. The van der Waals surface area contributed by atoms with Crippen molar-refractivity contribution in [3.63, 3.8) is 0 Å². The number of hydrogen-bond acceptors (Lipinski definition) is 3. The topological polar surface area (TPSA) is 61.8 Å². The van der Waals surface area contributed by atoms with Crippen LogP contribution in [0.4, 0.5) is 4.39 Å². The first kappa shape index (κ1) is 21.9. The fraction of sp³-hybridized carbons (Fsp3) is 0.115. The lowest BCUT2D eigenvalue weighted by molar-refractivity contribution is 0.569. The molecule has 5 rings (SSSR count). The summed E-state index contributed by atoms with van der Waals surface area (Å²) in [6.07, 6.45) is 1.52. The van der Waals surface area contributed by atoms with Crippen LogP contribution in [-0.2, 0) is 6.54 Å². The van der Waals surface area contributed by atoms with Gasteiger partial charge in [0.15, 0.2) is 11.2 Å². The Kier molecular flexibility index (Phi) is 5.63. The second-order valence-electron chi connectivity index (χ2n) is 8.03. The molecule has 1 unspecified atom stereocenters. The van der Waals surface area contributed by atoms with Crippen LogP contribution < -0.4 is 11.2 Å². The van der Waals surface area contributed by atoms with Crippen LogP contribution in [0.2, 0.25) is 5.02 Å². The molecule has 0 saturated heterocycles. The van der Waals surface area contributed by atoms with E-state index < -0.39 is 17.3 Å². The zero-order valence-electron chi connectivity index (χ0n) is 18.2. The van der Waals surface area contributed by atoms with Crippen LogP contribution in [0.15, 0.2) is 94.8 Å². The van der Waals surface area contributed by atoms with Crippen molar-refractivity contribution in [1.29, 1.82) is 0 Å². The van der Waals surface area contributed by atoms with E-state index >= 15 is 0 Å². The van der Waals surface area contributed by atoms with Gasteiger partial charge in [-0.1, -0.05) is 60.1 Å². The van der Waals surface area contributed by atoms with Gasteiger partial charge in [0, 0.05) is 11.6 Å². The predicted octanol–water partition coefficient (Wildman–Crippen LogP) is 4.80. The van der Waals surface area contributed by atoms with E-state index in [0.717, 1.165) is 11.1 Å². The number of rotatable bonds is 5. The average Bonchev–Trinajstić information content (AvgIpc) is 3.24. The lowest BCUT2D eigenvalue weighted by atomic mass is 10.1. The Morgan fingerprint density at radius 2 is 1.71 bits per heavy atom. The van der Waals surface area contributed by atoms with Gasteiger partial charge in [-0.15, -0.1) is 0 Å². The Balaban J connectivity index is 1.80. The van der Waals surface area contributed by atoms with E-state index in [-0.39, 0.29) is 17.0 Å². The monoisotopic (exact) mass is 474 g/mol. The van der Waals surface area contributed by atoms with E-state index in [9.17, 15) is 14.0 Å². The van der Waals surface area contributed by atoms with Gasteiger partial charge in [-0.05, 0) is 48.4 Å². The Labute approximate surface area is 199 Å². The standard InChI is InChI=1S/C26H20ClFN4O2/c1-17(19-6-3-2-4-7-19)31-25(33)23-24(32(26(31)34)22-9-5-8-20(27)14-22)29-16-30(23)15-18-10-12-21(28)13-11-18/h2-14,16-17H,15H2,1H3. The molecule has 0 radical (unpaired) electrons. The summed E-state index contributed by atoms with van der Waals surface area (Å²) in [5, 5.41) is 0.456. The normalized spacial score (nSPS) is 12.2. The van der Waals surface area contributed by atoms with Crippen molar-refractivity contribution in [2.24, 2.45) is 0 Å². The van der Waals surface area contributed by atoms with Crippen molar-refractivity contribution in [2.75, 3.05) is 0 Å². The first-order chi connectivity index (χ1) is 16.4. The van der Waals surface area contributed by atoms with E-state index in [1.165, 1.54) is 27.6 Å². The Morgan fingerprint density at radius 3 is 2.41 bits per heavy atom. The summed E-state index contributed by atoms with van der Waals surface area (Å²) in [5.41, 5.74) is 1.66. The summed E-state index contributed by atoms with van der Waals surface area (Å²) in [6.45, 7) is 2.10. The van der Waals surface area contributed by atoms with Crippen molar-refractivity contribution in [2.45, 2.75) is 19.5 Å². The van der Waals surface area contributed by atoms with Gasteiger partial charge >= 0.3 is 5.69 Å². The fourth-order valence-corrected chi connectivity index (χ4v) is 4.31. The second kappa shape index (κ2) is 8.76. The summed E-state index contributed by atoms with van der Waals surface area (Å²) < 4.78 is 17.7. The number of hydrogen-bond donors (Lipinski definition) is 0. The molecule has 0 N–H and O–H groups in total. The van der Waals surface area contributed by atoms with Crippen LogP contribution >= 0.6 is 11.6 Å². The van der Waals surface area contributed by atoms with E-state index in [1.807, 2.05) is 37.3 Å². The summed E-state index contributed by atoms with van der Waals surface area (Å²) in [6, 6.07) is 21.7. The van der Waals surface area contributed by atoms with Gasteiger partial charge in [-0.3, -0.25) is 9.36 Å². The highest BCUT2D eigenvalue weighted by molar-refractivity contribution is 6.30. The van der Waals surface area contributed by atoms with Crippen molar-refractivity contribution in [3.05, 3.63) is 128 Å². The molecule has 2 aromatic heterocycles. The van der Waals surface area contributed by atoms with Gasteiger partial charge in [0.05, 0.1) is 18.1 Å². The van der Waals surface area contributed by atoms with Crippen LogP contribution in [-0.4, -0.2) is 18.7 Å². The molecule has 0 bridgehead atoms. The van der Waals surface area contributed by atoms with Crippen LogP contribution in [0, 0.1) is 5.82 Å². The fourth-order valence-electron chi connectivity index (χ4n) is 4.13. The summed E-state index contributed by atoms with van der Waals surface area (Å²) in [7, 11) is 0. The van der Waals surface area contributed by atoms with Crippen molar-refractivity contribution >= 4 is 22.8 Å². The Bertz CT molecular complexity index is 1600. The van der Waals surface area contributed by atoms with Crippen LogP contribution in [0.1, 0.15) is 24.1 Å². The zero-order valence-corrected chi connectivity index (χ0v) is 19.0. The molecule has 170 valence electrons. The van der Waals surface area contributed by atoms with E-state index in [1.54, 1.807) is 41.0 Å². The largest absolute Gasteiger partial charge is 0.337 e. The van der Waals surface area contributed by atoms with Gasteiger partial charge in [0.25, 0.3) is 5.56 Å². The number of halogens is 2. The molecule has 5 aromatic rings. The third-order valence-electron chi connectivity index (χ3n) is 5.85. The van der Waals surface area contributed by atoms with Crippen molar-refractivity contribution in [1.82, 2.24) is 18.7 Å². The lowest BCUT2D eigenvalue weighted by Crippen LogP contribution is -2.42. The highest BCUT2D eigenvalue weighted by atomic mass is 35.5. The predicted molar refractivity (Wildman–Crippen MR) is 130 cm³/mol. The average molecular weight is 475 g/mol. The SMILES string of the molecule is CC(c1ccccc1)n1c(=O)c2c(ncn2Cc2ccc(F)cc2)n(-c2cccc(Cl)c2)c1=O. The van der Waals surface area contributed by atoms with Crippen molar-refractivity contribution in [3.8, 4) is 5.69 Å². The molecule has 0 fully saturated rings. The maximum atomic E-state index is 13.7. The highest BCUT2D eigenvalue weighted by Gasteiger charge is 2.23. The number of imidazole rings is 1. The summed E-state index contributed by atoms with van der Waals surface area (Å²) in [5.74, 6) is -0.340. The lowest BCUT2D eigenvalue weighted by Gasteiger charge is -2.18. The first-order valence-corrected chi connectivity index (χ1v) is 11.1. The first-order valence-electron chi connectivity index (χ1n) is 10.7. The highest BCUT2D eigenvalue weighted by Crippen LogP contribution is 2.20. The molecule has 0 saturated carbocycles. The van der Waals surface area contributed by atoms with Crippen LogP contribution in [0.3, 0.4) is 0 Å². The molecule has 0 aliphatic rings. The van der Waals surface area contributed by atoms with Gasteiger partial charge in [-0.25, -0.2) is 18.7 Å². The molecule has 1 atom stereocenters. The molecule has 34 heavy (non-hydrogen) atoms. The van der Waals surface area contributed by atoms with Crippen LogP contribution in [0.5, 0.6) is 0 Å². The Morgan fingerprint density at radius 1 is 0.971 bits per heavy atom. The molecular formula is C26H20ClFN4O2. The molecular weight excluding hydrogens is 455 g/mol. The van der Waals surface area contributed by atoms with E-state index in [0.29, 0.717) is 17.3 Å². The smallest absolute Gasteiger partial charge is 0.320 e. The van der Waals surface area contributed by atoms with Crippen LogP contribution in [0.25, 0.3) is 16.9 Å². The maximum Gasteiger partial charge on any atom is 0.337 e. The summed E-state index contributed by atoms with van der Waals surface area (Å²) >= 11 is 6.21. The number of aromatic nitrogens is 4. The molecule has 0 aliphatic carbocycles. The zero-order chi connectivity index (χ0) is 23.8. The van der Waals surface area contributed by atoms with E-state index in [4.69, 9.17) is 11.6 Å². The second-order valence-corrected chi connectivity index (χ2v) is 8.47. The molecule has 0 aliphatic heterocycles. The number of fused-ring (bicyclic) bond motifs is 1. The molecule has 6 nitrogen and oxygen atoms in total. The number of nitrogens with zero attached hydrogens (tertiary/aromatic N) is 4. The Hall–Kier alpha value is -3.97. The minimum absolute atomic E-state index is 0.232. The molecule has 8 heteroatoms. The van der Waals surface area contributed by atoms with Gasteiger partial charge in [0.1, 0.15) is 5.82 Å². The van der Waals surface area contributed by atoms with Gasteiger partial charge < -0.3 is 4.57 Å². The summed E-state index contributed by atoms with van der Waals surface area (Å²) in [4.78, 5) is 31.9. The third kappa shape index (κ3) is 3.84. The number of benzene rings is 3. The molecule has 0 amide bonds. The maximum absolute atomic E-state index is 13.7. The molecule has 3 aromatic carbocycles. The molecule has 0 spiro atoms. The third-order valence-corrected chi connectivity index (χ3v) is 6.09.